The molecule has 0 radical (unpaired) electrons. The topological polar surface area (TPSA) is 77.4 Å². The Labute approximate surface area is 201 Å². The largest absolute Gasteiger partial charge is 1.00 e. The summed E-state index contributed by atoms with van der Waals surface area (Å²) in [7, 11) is 0. The van der Waals surface area contributed by atoms with Crippen LogP contribution in [0, 0.1) is 5.92 Å². The first-order chi connectivity index (χ1) is 13.6. The standard InChI is InChI=1S/C24H44O4.Na/c1-2-3-4-5-6-7-8-9-10-11-12-13-14-15-16-17-18-19-20-22(24(27)28)21-23(25)26;/h8-9,22H,2-7,10-21H2,1H3,(H,25,26)(H,27,28);/q;+1/p-1/b9-8+;. The van der Waals surface area contributed by atoms with E-state index in [0.29, 0.717) is 6.42 Å². The van der Waals surface area contributed by atoms with Gasteiger partial charge in [-0.15, -0.1) is 0 Å². The number of carboxylic acids is 2. The summed E-state index contributed by atoms with van der Waals surface area (Å²) in [5, 5.41) is 19.5. The van der Waals surface area contributed by atoms with Crippen LogP contribution in [-0.4, -0.2) is 17.0 Å². The molecule has 4 nitrogen and oxygen atoms in total. The summed E-state index contributed by atoms with van der Waals surface area (Å²) < 4.78 is 0. The Kier molecular flexibility index (Phi) is 25.5. The van der Waals surface area contributed by atoms with E-state index < -0.39 is 17.9 Å². The number of rotatable bonds is 21. The Morgan fingerprint density at radius 3 is 1.59 bits per heavy atom. The van der Waals surface area contributed by atoms with Gasteiger partial charge in [-0.2, -0.15) is 0 Å². The second kappa shape index (κ2) is 24.0. The van der Waals surface area contributed by atoms with Crippen LogP contribution in [0.15, 0.2) is 12.2 Å². The molecule has 164 valence electrons. The van der Waals surface area contributed by atoms with Crippen molar-refractivity contribution in [1.82, 2.24) is 0 Å². The molecule has 0 aliphatic carbocycles. The van der Waals surface area contributed by atoms with Crippen molar-refractivity contribution in [3.05, 3.63) is 12.2 Å². The third-order valence-electron chi connectivity index (χ3n) is 5.33. The van der Waals surface area contributed by atoms with Gasteiger partial charge >= 0.3 is 35.5 Å². The minimum Gasteiger partial charge on any atom is -0.550 e. The molecule has 5 heteroatoms. The summed E-state index contributed by atoms with van der Waals surface area (Å²) in [4.78, 5) is 21.5. The number of carboxylic acid groups (broad SMARTS) is 2. The summed E-state index contributed by atoms with van der Waals surface area (Å²) in [5.74, 6) is -3.09. The van der Waals surface area contributed by atoms with Crippen molar-refractivity contribution in [2.24, 2.45) is 5.92 Å². The molecule has 0 fully saturated rings. The molecule has 1 N–H and O–H groups in total. The zero-order chi connectivity index (χ0) is 20.9. The van der Waals surface area contributed by atoms with Gasteiger partial charge < -0.3 is 15.0 Å². The first-order valence-corrected chi connectivity index (χ1v) is 11.7. The Morgan fingerprint density at radius 1 is 0.759 bits per heavy atom. The van der Waals surface area contributed by atoms with E-state index in [1.807, 2.05) is 0 Å². The van der Waals surface area contributed by atoms with Crippen molar-refractivity contribution in [2.45, 2.75) is 122 Å². The molecule has 0 saturated carbocycles. The fourth-order valence-corrected chi connectivity index (χ4v) is 3.51. The van der Waals surface area contributed by atoms with E-state index in [4.69, 9.17) is 5.11 Å². The first-order valence-electron chi connectivity index (χ1n) is 11.7. The molecule has 0 amide bonds. The van der Waals surface area contributed by atoms with Gasteiger partial charge in [0.05, 0.1) is 5.92 Å². The molecule has 1 unspecified atom stereocenters. The second-order valence-electron chi connectivity index (χ2n) is 8.04. The first kappa shape index (κ1) is 30.9. The van der Waals surface area contributed by atoms with E-state index >= 15 is 0 Å². The van der Waals surface area contributed by atoms with Gasteiger partial charge in [0, 0.05) is 12.4 Å². The van der Waals surface area contributed by atoms with Gasteiger partial charge in [0.15, 0.2) is 0 Å². The molecular weight excluding hydrogens is 375 g/mol. The van der Waals surface area contributed by atoms with Gasteiger partial charge in [-0.3, -0.25) is 4.79 Å². The molecule has 0 bridgehead atoms. The summed E-state index contributed by atoms with van der Waals surface area (Å²) in [5.41, 5.74) is 0. The molecule has 0 rings (SSSR count). The van der Waals surface area contributed by atoms with Crippen LogP contribution in [0.3, 0.4) is 0 Å². The van der Waals surface area contributed by atoms with E-state index in [0.717, 1.165) is 19.3 Å². The van der Waals surface area contributed by atoms with E-state index in [1.54, 1.807) is 0 Å². The van der Waals surface area contributed by atoms with E-state index in [2.05, 4.69) is 19.1 Å². The molecule has 29 heavy (non-hydrogen) atoms. The van der Waals surface area contributed by atoms with Crippen LogP contribution in [0.4, 0.5) is 0 Å². The summed E-state index contributed by atoms with van der Waals surface area (Å²) >= 11 is 0. The number of unbranched alkanes of at least 4 members (excludes halogenated alkanes) is 14. The van der Waals surface area contributed by atoms with Crippen molar-refractivity contribution in [3.8, 4) is 0 Å². The number of aliphatic carboxylic acids is 2. The molecule has 0 aromatic rings. The summed E-state index contributed by atoms with van der Waals surface area (Å²) in [6.07, 6.45) is 24.5. The van der Waals surface area contributed by atoms with Crippen LogP contribution in [0.1, 0.15) is 122 Å². The van der Waals surface area contributed by atoms with Crippen molar-refractivity contribution in [2.75, 3.05) is 0 Å². The number of hydrogen-bond donors (Lipinski definition) is 1. The average molecular weight is 419 g/mol. The molecular formula is C24H43NaO4. The van der Waals surface area contributed by atoms with Crippen LogP contribution in [0.5, 0.6) is 0 Å². The predicted molar refractivity (Wildman–Crippen MR) is 114 cm³/mol. The number of carbonyl (C=O) groups excluding carboxylic acids is 1. The van der Waals surface area contributed by atoms with Crippen molar-refractivity contribution in [1.29, 1.82) is 0 Å². The monoisotopic (exact) mass is 418 g/mol. The third-order valence-corrected chi connectivity index (χ3v) is 5.33. The molecule has 0 heterocycles. The minimum absolute atomic E-state index is 0. The molecule has 0 aromatic heterocycles. The Bertz CT molecular complexity index is 410. The molecule has 0 saturated heterocycles. The summed E-state index contributed by atoms with van der Waals surface area (Å²) in [6, 6.07) is 0. The van der Waals surface area contributed by atoms with Crippen molar-refractivity contribution >= 4 is 11.9 Å². The van der Waals surface area contributed by atoms with Gasteiger partial charge in [0.25, 0.3) is 0 Å². The van der Waals surface area contributed by atoms with Crippen molar-refractivity contribution in [3.63, 3.8) is 0 Å². The van der Waals surface area contributed by atoms with Gasteiger partial charge in [0.1, 0.15) is 0 Å². The summed E-state index contributed by atoms with van der Waals surface area (Å²) in [6.45, 7) is 2.25. The van der Waals surface area contributed by atoms with Crippen molar-refractivity contribution < 1.29 is 49.4 Å². The number of hydrogen-bond acceptors (Lipinski definition) is 3. The van der Waals surface area contributed by atoms with E-state index in [-0.39, 0.29) is 36.0 Å². The maximum atomic E-state index is 11.0. The SMILES string of the molecule is CCCCCCC/C=C/CCCCCCCCCCCC(CC(=O)[O-])C(=O)O.[Na+]. The third kappa shape index (κ3) is 23.8. The van der Waals surface area contributed by atoms with Crippen LogP contribution < -0.4 is 34.7 Å². The Morgan fingerprint density at radius 2 is 1.17 bits per heavy atom. The smallest absolute Gasteiger partial charge is 0.550 e. The van der Waals surface area contributed by atoms with Crippen LogP contribution >= 0.6 is 0 Å². The maximum absolute atomic E-state index is 11.0. The van der Waals surface area contributed by atoms with Crippen LogP contribution in [0.2, 0.25) is 0 Å². The second-order valence-corrected chi connectivity index (χ2v) is 8.04. The van der Waals surface area contributed by atoms with E-state index in [1.165, 1.54) is 83.5 Å². The fraction of sp³-hybridized carbons (Fsp3) is 0.833. The van der Waals surface area contributed by atoms with Crippen LogP contribution in [0.25, 0.3) is 0 Å². The minimum atomic E-state index is -1.27. The molecule has 0 aliphatic rings. The fourth-order valence-electron chi connectivity index (χ4n) is 3.51. The van der Waals surface area contributed by atoms with E-state index in [9.17, 15) is 14.7 Å². The zero-order valence-corrected chi connectivity index (χ0v) is 21.1. The van der Waals surface area contributed by atoms with Gasteiger partial charge in [-0.1, -0.05) is 96.1 Å². The van der Waals surface area contributed by atoms with Crippen LogP contribution in [-0.2, 0) is 9.59 Å². The predicted octanol–water partition coefficient (Wildman–Crippen LogP) is 3.04. The quantitative estimate of drug-likeness (QED) is 0.177. The normalized spacial score (nSPS) is 12.0. The van der Waals surface area contributed by atoms with Gasteiger partial charge in [0.2, 0.25) is 0 Å². The average Bonchev–Trinajstić information content (AvgIpc) is 2.65. The Balaban J connectivity index is 0. The van der Waals surface area contributed by atoms with Gasteiger partial charge in [-0.25, -0.2) is 0 Å². The van der Waals surface area contributed by atoms with Gasteiger partial charge in [-0.05, 0) is 32.1 Å². The molecule has 1 atom stereocenters. The molecule has 0 aromatic carbocycles. The maximum Gasteiger partial charge on any atom is 1.00 e. The zero-order valence-electron chi connectivity index (χ0n) is 19.1. The number of allylic oxidation sites excluding steroid dienone is 2. The Hall–Kier alpha value is -0.320. The number of carbonyl (C=O) groups is 2. The molecule has 0 aliphatic heterocycles. The molecule has 0 spiro atoms.